The van der Waals surface area contributed by atoms with E-state index >= 15 is 0 Å². The molecular formula is C26H25FN2O5. The van der Waals surface area contributed by atoms with Crippen LogP contribution in [0.3, 0.4) is 0 Å². The highest BCUT2D eigenvalue weighted by Crippen LogP contribution is 2.34. The van der Waals surface area contributed by atoms with Crippen molar-refractivity contribution in [1.29, 1.82) is 0 Å². The van der Waals surface area contributed by atoms with Crippen molar-refractivity contribution in [3.63, 3.8) is 0 Å². The van der Waals surface area contributed by atoms with Crippen molar-refractivity contribution in [2.24, 2.45) is 0 Å². The average Bonchev–Trinajstić information content (AvgIpc) is 2.94. The van der Waals surface area contributed by atoms with Gasteiger partial charge in [-0.25, -0.2) is 4.39 Å². The number of carbonyl (C=O) groups is 2. The van der Waals surface area contributed by atoms with Crippen LogP contribution in [0.2, 0.25) is 0 Å². The summed E-state index contributed by atoms with van der Waals surface area (Å²) in [6, 6.07) is 16.1. The molecule has 8 heteroatoms. The van der Waals surface area contributed by atoms with E-state index in [0.29, 0.717) is 22.9 Å². The molecule has 0 aromatic heterocycles. The number of amides is 2. The normalized spacial score (nSPS) is 15.1. The first kappa shape index (κ1) is 23.1. The Balaban J connectivity index is 1.60. The number of rotatable bonds is 6. The Morgan fingerprint density at radius 2 is 1.91 bits per heavy atom. The van der Waals surface area contributed by atoms with Crippen LogP contribution in [-0.2, 0) is 17.9 Å². The predicted octanol–water partition coefficient (Wildman–Crippen LogP) is 4.40. The molecule has 3 aromatic rings. The monoisotopic (exact) mass is 464 g/mol. The van der Waals surface area contributed by atoms with Crippen LogP contribution in [0.4, 0.5) is 10.1 Å². The quantitative estimate of drug-likeness (QED) is 0.585. The third-order valence-electron chi connectivity index (χ3n) is 5.58. The van der Waals surface area contributed by atoms with Gasteiger partial charge in [-0.1, -0.05) is 18.2 Å². The van der Waals surface area contributed by atoms with E-state index in [4.69, 9.17) is 14.2 Å². The summed E-state index contributed by atoms with van der Waals surface area (Å²) in [4.78, 5) is 27.3. The van der Waals surface area contributed by atoms with Gasteiger partial charge in [-0.15, -0.1) is 0 Å². The summed E-state index contributed by atoms with van der Waals surface area (Å²) in [5, 5.41) is 2.78. The number of ether oxygens (including phenoxy) is 3. The Hall–Kier alpha value is -4.07. The lowest BCUT2D eigenvalue weighted by atomic mass is 10.1. The van der Waals surface area contributed by atoms with Crippen molar-refractivity contribution in [2.45, 2.75) is 26.1 Å². The Kier molecular flexibility index (Phi) is 6.67. The Morgan fingerprint density at radius 1 is 1.12 bits per heavy atom. The SMILES string of the molecule is COc1cccc(CN2Cc3cc(NC(=O)c4cccc(F)c4)ccc3O[C@@H](C)C2=O)c1OC. The smallest absolute Gasteiger partial charge is 0.263 e. The molecule has 0 fully saturated rings. The van der Waals surface area contributed by atoms with Crippen molar-refractivity contribution in [2.75, 3.05) is 19.5 Å². The van der Waals surface area contributed by atoms with E-state index in [1.54, 1.807) is 50.3 Å². The highest BCUT2D eigenvalue weighted by Gasteiger charge is 2.29. The Labute approximate surface area is 197 Å². The maximum atomic E-state index is 13.5. The van der Waals surface area contributed by atoms with Gasteiger partial charge in [0.05, 0.1) is 14.2 Å². The molecule has 7 nitrogen and oxygen atoms in total. The maximum absolute atomic E-state index is 13.5. The Bertz CT molecular complexity index is 1230. The van der Waals surface area contributed by atoms with Crippen LogP contribution in [-0.4, -0.2) is 37.0 Å². The number of hydrogen-bond donors (Lipinski definition) is 1. The summed E-state index contributed by atoms with van der Waals surface area (Å²) in [5.74, 6) is 0.605. The second-order valence-electron chi connectivity index (χ2n) is 7.89. The molecular weight excluding hydrogens is 439 g/mol. The van der Waals surface area contributed by atoms with Gasteiger partial charge in [0, 0.05) is 35.5 Å². The van der Waals surface area contributed by atoms with E-state index in [2.05, 4.69) is 5.32 Å². The second-order valence-corrected chi connectivity index (χ2v) is 7.89. The van der Waals surface area contributed by atoms with Gasteiger partial charge in [-0.05, 0) is 49.4 Å². The number of halogens is 1. The van der Waals surface area contributed by atoms with E-state index < -0.39 is 17.8 Å². The van der Waals surface area contributed by atoms with Crippen LogP contribution in [0.1, 0.15) is 28.4 Å². The molecule has 1 aliphatic rings. The summed E-state index contributed by atoms with van der Waals surface area (Å²) < 4.78 is 30.3. The topological polar surface area (TPSA) is 77.1 Å². The molecule has 0 radical (unpaired) electrons. The molecule has 4 rings (SSSR count). The van der Waals surface area contributed by atoms with Gasteiger partial charge in [0.2, 0.25) is 0 Å². The molecule has 0 bridgehead atoms. The molecule has 34 heavy (non-hydrogen) atoms. The summed E-state index contributed by atoms with van der Waals surface area (Å²) in [6.45, 7) is 2.25. The van der Waals surface area contributed by atoms with E-state index in [1.807, 2.05) is 12.1 Å². The zero-order valence-electron chi connectivity index (χ0n) is 19.1. The van der Waals surface area contributed by atoms with E-state index in [9.17, 15) is 14.0 Å². The lowest BCUT2D eigenvalue weighted by molar-refractivity contribution is -0.138. The Morgan fingerprint density at radius 3 is 2.65 bits per heavy atom. The minimum atomic E-state index is -0.689. The fourth-order valence-electron chi connectivity index (χ4n) is 3.93. The zero-order valence-corrected chi connectivity index (χ0v) is 19.1. The first-order chi connectivity index (χ1) is 16.4. The molecule has 2 amide bonds. The molecule has 3 aromatic carbocycles. The highest BCUT2D eigenvalue weighted by atomic mass is 19.1. The molecule has 0 aliphatic carbocycles. The summed E-state index contributed by atoms with van der Waals surface area (Å²) in [5.41, 5.74) is 2.25. The van der Waals surface area contributed by atoms with Gasteiger partial charge in [0.15, 0.2) is 17.6 Å². The third kappa shape index (κ3) is 4.80. The fraction of sp³-hybridized carbons (Fsp3) is 0.231. The van der Waals surface area contributed by atoms with Crippen molar-refractivity contribution in [3.8, 4) is 17.2 Å². The molecule has 0 unspecified atom stereocenters. The molecule has 1 aliphatic heterocycles. The largest absolute Gasteiger partial charge is 0.493 e. The van der Waals surface area contributed by atoms with E-state index in [-0.39, 0.29) is 24.6 Å². The zero-order chi connectivity index (χ0) is 24.2. The first-order valence-electron chi connectivity index (χ1n) is 10.7. The van der Waals surface area contributed by atoms with Crippen LogP contribution in [0.5, 0.6) is 17.2 Å². The van der Waals surface area contributed by atoms with Gasteiger partial charge in [-0.3, -0.25) is 9.59 Å². The third-order valence-corrected chi connectivity index (χ3v) is 5.58. The average molecular weight is 464 g/mol. The number of nitrogens with zero attached hydrogens (tertiary/aromatic N) is 1. The number of nitrogens with one attached hydrogen (secondary N) is 1. The standard InChI is InChI=1S/C26H25FN2O5/c1-16-26(31)29(14-18-7-5-9-23(32-2)24(18)33-3)15-19-13-21(10-11-22(19)34-16)28-25(30)17-6-4-8-20(27)12-17/h4-13,16H,14-15H2,1-3H3,(H,28,30)/t16-/m0/s1. The van der Waals surface area contributed by atoms with Crippen molar-refractivity contribution >= 4 is 17.5 Å². The van der Waals surface area contributed by atoms with Crippen molar-refractivity contribution in [1.82, 2.24) is 4.90 Å². The van der Waals surface area contributed by atoms with Gasteiger partial charge in [-0.2, -0.15) is 0 Å². The minimum absolute atomic E-state index is 0.175. The molecule has 0 spiro atoms. The highest BCUT2D eigenvalue weighted by molar-refractivity contribution is 6.04. The van der Waals surface area contributed by atoms with E-state index in [1.165, 1.54) is 24.3 Å². The van der Waals surface area contributed by atoms with E-state index in [0.717, 1.165) is 11.1 Å². The van der Waals surface area contributed by atoms with Crippen LogP contribution in [0, 0.1) is 5.82 Å². The summed E-state index contributed by atoms with van der Waals surface area (Å²) in [7, 11) is 3.12. The fourth-order valence-corrected chi connectivity index (χ4v) is 3.93. The lowest BCUT2D eigenvalue weighted by Crippen LogP contribution is -2.37. The number of carbonyl (C=O) groups excluding carboxylic acids is 2. The molecule has 1 atom stereocenters. The summed E-state index contributed by atoms with van der Waals surface area (Å²) >= 11 is 0. The lowest BCUT2D eigenvalue weighted by Gasteiger charge is -2.24. The molecule has 1 N–H and O–H groups in total. The van der Waals surface area contributed by atoms with Crippen molar-refractivity contribution in [3.05, 3.63) is 83.2 Å². The van der Waals surface area contributed by atoms with Crippen LogP contribution in [0.25, 0.3) is 0 Å². The number of hydrogen-bond acceptors (Lipinski definition) is 5. The van der Waals surface area contributed by atoms with Crippen molar-refractivity contribution < 1.29 is 28.2 Å². The number of anilines is 1. The predicted molar refractivity (Wildman–Crippen MR) is 125 cm³/mol. The maximum Gasteiger partial charge on any atom is 0.263 e. The minimum Gasteiger partial charge on any atom is -0.493 e. The van der Waals surface area contributed by atoms with Crippen LogP contribution >= 0.6 is 0 Å². The molecule has 0 saturated heterocycles. The van der Waals surface area contributed by atoms with Crippen LogP contribution < -0.4 is 19.5 Å². The van der Waals surface area contributed by atoms with Gasteiger partial charge in [0.25, 0.3) is 11.8 Å². The first-order valence-corrected chi connectivity index (χ1v) is 10.7. The summed E-state index contributed by atoms with van der Waals surface area (Å²) in [6.07, 6.45) is -0.689. The van der Waals surface area contributed by atoms with Gasteiger partial charge < -0.3 is 24.4 Å². The molecule has 1 heterocycles. The van der Waals surface area contributed by atoms with Gasteiger partial charge in [0.1, 0.15) is 11.6 Å². The number of para-hydroxylation sites is 1. The number of benzene rings is 3. The number of methoxy groups -OCH3 is 2. The second kappa shape index (κ2) is 9.82. The molecule has 0 saturated carbocycles. The van der Waals surface area contributed by atoms with Crippen LogP contribution in [0.15, 0.2) is 60.7 Å². The number of fused-ring (bicyclic) bond motifs is 1. The van der Waals surface area contributed by atoms with Gasteiger partial charge >= 0.3 is 0 Å². The molecule has 176 valence electrons.